The Kier molecular flexibility index (Phi) is 1.73. The van der Waals surface area contributed by atoms with Crippen molar-refractivity contribution in [2.24, 2.45) is 10.7 Å². The Bertz CT molecular complexity index is 168. The van der Waals surface area contributed by atoms with Crippen LogP contribution in [0.1, 0.15) is 0 Å². The number of carboxylic acid groups (broad SMARTS) is 1. The summed E-state index contributed by atoms with van der Waals surface area (Å²) in [5, 5.41) is 8.33. The van der Waals surface area contributed by atoms with Crippen LogP contribution < -0.4 is 5.73 Å². The number of aliphatic imine (C=N–C) groups is 1. The zero-order chi connectivity index (χ0) is 6.85. The van der Waals surface area contributed by atoms with Gasteiger partial charge in [-0.15, -0.1) is 11.8 Å². The van der Waals surface area contributed by atoms with Crippen molar-refractivity contribution in [1.82, 2.24) is 0 Å². The van der Waals surface area contributed by atoms with Crippen LogP contribution in [0.25, 0.3) is 0 Å². The molecule has 0 aromatic rings. The predicted molar refractivity (Wildman–Crippen MR) is 35.5 cm³/mol. The molecule has 0 bridgehead atoms. The third-order valence-corrected chi connectivity index (χ3v) is 1.81. The van der Waals surface area contributed by atoms with Gasteiger partial charge in [-0.3, -0.25) is 4.99 Å². The Morgan fingerprint density at radius 3 is 2.89 bits per heavy atom. The molecule has 0 radical (unpaired) electrons. The number of aliphatic carboxylic acids is 1. The number of carbonyl (C=O) groups is 1. The average molecular weight is 146 g/mol. The van der Waals surface area contributed by atoms with Crippen LogP contribution >= 0.6 is 11.8 Å². The van der Waals surface area contributed by atoms with Crippen molar-refractivity contribution in [3.8, 4) is 0 Å². The molecule has 3 N–H and O–H groups in total. The summed E-state index contributed by atoms with van der Waals surface area (Å²) in [6.07, 6.45) is 0. The van der Waals surface area contributed by atoms with E-state index in [0.29, 0.717) is 5.75 Å². The highest BCUT2D eigenvalue weighted by Crippen LogP contribution is 2.14. The lowest BCUT2D eigenvalue weighted by atomic mass is 10.4. The first-order valence-corrected chi connectivity index (χ1v) is 3.42. The van der Waals surface area contributed by atoms with Crippen LogP contribution in [0.15, 0.2) is 4.99 Å². The van der Waals surface area contributed by atoms with Gasteiger partial charge in [0, 0.05) is 5.75 Å². The van der Waals surface area contributed by atoms with Crippen LogP contribution in [-0.2, 0) is 4.79 Å². The molecule has 0 saturated carbocycles. The van der Waals surface area contributed by atoms with Crippen molar-refractivity contribution < 1.29 is 9.90 Å². The number of hydrogen-bond acceptors (Lipinski definition) is 4. The van der Waals surface area contributed by atoms with E-state index in [0.717, 1.165) is 0 Å². The van der Waals surface area contributed by atoms with E-state index in [2.05, 4.69) is 4.99 Å². The van der Waals surface area contributed by atoms with E-state index in [1.807, 2.05) is 0 Å². The number of nitrogens with two attached hydrogens (primary N) is 1. The van der Waals surface area contributed by atoms with Crippen LogP contribution in [0.5, 0.6) is 0 Å². The van der Waals surface area contributed by atoms with Gasteiger partial charge in [-0.2, -0.15) is 0 Å². The molecule has 0 spiro atoms. The quantitative estimate of drug-likeness (QED) is 0.523. The third-order valence-electron chi connectivity index (χ3n) is 0.921. The highest BCUT2D eigenvalue weighted by atomic mass is 32.2. The zero-order valence-electron chi connectivity index (χ0n) is 4.57. The standard InChI is InChI=1S/C4H6N2O2S/c5-4-6-2(1-9-4)3(7)8/h4H,1,5H2,(H,7,8). The number of carboxylic acids is 1. The fraction of sp³-hybridized carbons (Fsp3) is 0.500. The lowest BCUT2D eigenvalue weighted by molar-refractivity contribution is -0.129. The Hall–Kier alpha value is -0.550. The second-order valence-corrected chi connectivity index (χ2v) is 2.69. The first-order valence-electron chi connectivity index (χ1n) is 2.37. The van der Waals surface area contributed by atoms with Crippen molar-refractivity contribution >= 4 is 23.4 Å². The van der Waals surface area contributed by atoms with E-state index < -0.39 is 5.97 Å². The van der Waals surface area contributed by atoms with E-state index in [9.17, 15) is 4.79 Å². The zero-order valence-corrected chi connectivity index (χ0v) is 5.39. The van der Waals surface area contributed by atoms with Gasteiger partial charge in [0.15, 0.2) is 0 Å². The summed E-state index contributed by atoms with van der Waals surface area (Å²) in [6, 6.07) is 0. The van der Waals surface area contributed by atoms with E-state index in [4.69, 9.17) is 10.8 Å². The number of rotatable bonds is 1. The molecule has 0 aliphatic carbocycles. The molecule has 1 atom stereocenters. The predicted octanol–water partition coefficient (Wildman–Crippen LogP) is -0.499. The summed E-state index contributed by atoms with van der Waals surface area (Å²) >= 11 is 1.33. The molecule has 50 valence electrons. The van der Waals surface area contributed by atoms with Gasteiger partial charge in [0.2, 0.25) is 0 Å². The molecule has 0 aromatic carbocycles. The van der Waals surface area contributed by atoms with Gasteiger partial charge < -0.3 is 10.8 Å². The van der Waals surface area contributed by atoms with Gasteiger partial charge in [0.05, 0.1) is 0 Å². The first kappa shape index (κ1) is 6.57. The van der Waals surface area contributed by atoms with Crippen LogP contribution in [0.3, 0.4) is 0 Å². The molecular formula is C4H6N2O2S. The topological polar surface area (TPSA) is 75.7 Å². The Morgan fingerprint density at radius 1 is 2.00 bits per heavy atom. The minimum absolute atomic E-state index is 0.174. The lowest BCUT2D eigenvalue weighted by Gasteiger charge is -1.89. The summed E-state index contributed by atoms with van der Waals surface area (Å²) < 4.78 is 0. The molecule has 0 fully saturated rings. The minimum Gasteiger partial charge on any atom is -0.477 e. The monoisotopic (exact) mass is 146 g/mol. The maximum atomic E-state index is 10.1. The maximum Gasteiger partial charge on any atom is 0.350 e. The van der Waals surface area contributed by atoms with Crippen LogP contribution in [-0.4, -0.2) is 28.0 Å². The van der Waals surface area contributed by atoms with E-state index in [1.165, 1.54) is 11.8 Å². The highest BCUT2D eigenvalue weighted by molar-refractivity contribution is 8.01. The summed E-state index contributed by atoms with van der Waals surface area (Å²) in [7, 11) is 0. The number of nitrogens with zero attached hydrogens (tertiary/aromatic N) is 1. The molecule has 1 rings (SSSR count). The van der Waals surface area contributed by atoms with E-state index in [-0.39, 0.29) is 11.2 Å². The second kappa shape index (κ2) is 2.36. The SMILES string of the molecule is NC1N=C(C(=O)O)CS1. The van der Waals surface area contributed by atoms with Gasteiger partial charge in [-0.1, -0.05) is 0 Å². The summed E-state index contributed by atoms with van der Waals surface area (Å²) in [5.74, 6) is -0.535. The smallest absolute Gasteiger partial charge is 0.350 e. The number of thioether (sulfide) groups is 1. The fourth-order valence-corrected chi connectivity index (χ4v) is 1.24. The Morgan fingerprint density at radius 2 is 2.67 bits per heavy atom. The average Bonchev–Trinajstić information content (AvgIpc) is 2.14. The molecule has 1 aliphatic rings. The molecule has 1 aliphatic heterocycles. The van der Waals surface area contributed by atoms with Crippen molar-refractivity contribution in [3.63, 3.8) is 0 Å². The minimum atomic E-state index is -0.963. The van der Waals surface area contributed by atoms with Crippen molar-refractivity contribution in [3.05, 3.63) is 0 Å². The molecule has 9 heavy (non-hydrogen) atoms. The lowest BCUT2D eigenvalue weighted by Crippen LogP contribution is -2.13. The van der Waals surface area contributed by atoms with Gasteiger partial charge in [-0.05, 0) is 0 Å². The van der Waals surface area contributed by atoms with E-state index in [1.54, 1.807) is 0 Å². The molecule has 0 aromatic heterocycles. The van der Waals surface area contributed by atoms with Crippen LogP contribution in [0.4, 0.5) is 0 Å². The second-order valence-electron chi connectivity index (χ2n) is 1.58. The van der Waals surface area contributed by atoms with Gasteiger partial charge in [0.25, 0.3) is 0 Å². The summed E-state index contributed by atoms with van der Waals surface area (Å²) in [5.41, 5.74) is 5.08. The molecule has 1 heterocycles. The maximum absolute atomic E-state index is 10.1. The Labute approximate surface area is 56.1 Å². The largest absolute Gasteiger partial charge is 0.477 e. The fourth-order valence-electron chi connectivity index (χ4n) is 0.509. The van der Waals surface area contributed by atoms with Gasteiger partial charge in [0.1, 0.15) is 11.2 Å². The van der Waals surface area contributed by atoms with Crippen molar-refractivity contribution in [2.45, 2.75) is 5.50 Å². The summed E-state index contributed by atoms with van der Waals surface area (Å²) in [4.78, 5) is 13.8. The van der Waals surface area contributed by atoms with Gasteiger partial charge in [-0.25, -0.2) is 4.79 Å². The number of hydrogen-bond donors (Lipinski definition) is 2. The van der Waals surface area contributed by atoms with E-state index >= 15 is 0 Å². The van der Waals surface area contributed by atoms with Crippen LogP contribution in [0.2, 0.25) is 0 Å². The molecule has 0 amide bonds. The first-order chi connectivity index (χ1) is 4.20. The normalized spacial score (nSPS) is 25.9. The van der Waals surface area contributed by atoms with Crippen LogP contribution in [0, 0.1) is 0 Å². The molecule has 1 unspecified atom stereocenters. The molecule has 0 saturated heterocycles. The van der Waals surface area contributed by atoms with Gasteiger partial charge >= 0.3 is 5.97 Å². The third kappa shape index (κ3) is 1.43. The summed E-state index contributed by atoms with van der Waals surface area (Å²) in [6.45, 7) is 0. The van der Waals surface area contributed by atoms with Crippen molar-refractivity contribution in [1.29, 1.82) is 0 Å². The van der Waals surface area contributed by atoms with Crippen molar-refractivity contribution in [2.75, 3.05) is 5.75 Å². The highest BCUT2D eigenvalue weighted by Gasteiger charge is 2.18. The molecule has 4 nitrogen and oxygen atoms in total. The molecular weight excluding hydrogens is 140 g/mol. The molecule has 5 heteroatoms. The Balaban J connectivity index is 2.62.